The van der Waals surface area contributed by atoms with Gasteiger partial charge in [-0.1, -0.05) is 6.07 Å². The van der Waals surface area contributed by atoms with Gasteiger partial charge in [0.15, 0.2) is 5.82 Å². The van der Waals surface area contributed by atoms with Gasteiger partial charge in [0.2, 0.25) is 0 Å². The van der Waals surface area contributed by atoms with Gasteiger partial charge in [-0.15, -0.1) is 11.3 Å². The van der Waals surface area contributed by atoms with Crippen LogP contribution < -0.4 is 0 Å². The number of hydrogen-bond donors (Lipinski definition) is 0. The fourth-order valence-corrected chi connectivity index (χ4v) is 2.46. The largest absolute Gasteiger partial charge is 0.334 e. The highest BCUT2D eigenvalue weighted by Crippen LogP contribution is 2.24. The molecule has 2 aromatic heterocycles. The van der Waals surface area contributed by atoms with Gasteiger partial charge in [-0.25, -0.2) is 4.39 Å². The Morgan fingerprint density at radius 3 is 2.89 bits per heavy atom. The lowest BCUT2D eigenvalue weighted by atomic mass is 10.2. The molecule has 1 atom stereocenters. The number of amides is 1. The van der Waals surface area contributed by atoms with Crippen molar-refractivity contribution in [3.8, 4) is 0 Å². The summed E-state index contributed by atoms with van der Waals surface area (Å²) in [5.74, 6) is -0.927. The minimum Gasteiger partial charge on any atom is -0.334 e. The number of thiophene rings is 1. The monoisotopic (exact) mass is 264 g/mol. The summed E-state index contributed by atoms with van der Waals surface area (Å²) < 4.78 is 13.5. The van der Waals surface area contributed by atoms with E-state index in [-0.39, 0.29) is 17.5 Å². The van der Waals surface area contributed by atoms with Crippen LogP contribution in [0.4, 0.5) is 4.39 Å². The number of carbonyl (C=O) groups is 1. The lowest BCUT2D eigenvalue weighted by molar-refractivity contribution is 0.0740. The molecule has 2 rings (SSSR count). The summed E-state index contributed by atoms with van der Waals surface area (Å²) in [7, 11) is 1.67. The van der Waals surface area contributed by atoms with Crippen LogP contribution in [-0.2, 0) is 0 Å². The second-order valence-electron chi connectivity index (χ2n) is 3.96. The first-order valence-corrected chi connectivity index (χ1v) is 6.39. The SMILES string of the molecule is CC(c1cccs1)N(C)C(=O)c1ccncc1F. The maximum Gasteiger partial charge on any atom is 0.257 e. The highest BCUT2D eigenvalue weighted by molar-refractivity contribution is 7.10. The van der Waals surface area contributed by atoms with Gasteiger partial charge in [-0.3, -0.25) is 9.78 Å². The van der Waals surface area contributed by atoms with E-state index in [4.69, 9.17) is 0 Å². The van der Waals surface area contributed by atoms with Crippen LogP contribution in [0.2, 0.25) is 0 Å². The molecule has 0 aliphatic carbocycles. The molecule has 1 amide bonds. The number of aromatic nitrogens is 1. The van der Waals surface area contributed by atoms with E-state index >= 15 is 0 Å². The molecule has 0 spiro atoms. The maximum atomic E-state index is 13.5. The third-order valence-corrected chi connectivity index (χ3v) is 3.90. The number of nitrogens with zero attached hydrogens (tertiary/aromatic N) is 2. The summed E-state index contributed by atoms with van der Waals surface area (Å²) in [4.78, 5) is 18.4. The fraction of sp³-hybridized carbons (Fsp3) is 0.231. The molecule has 0 saturated heterocycles. The average Bonchev–Trinajstić information content (AvgIpc) is 2.90. The van der Waals surface area contributed by atoms with Crippen LogP contribution in [0.3, 0.4) is 0 Å². The van der Waals surface area contributed by atoms with Crippen molar-refractivity contribution in [1.82, 2.24) is 9.88 Å². The smallest absolute Gasteiger partial charge is 0.257 e. The molecule has 1 unspecified atom stereocenters. The summed E-state index contributed by atoms with van der Waals surface area (Å²) in [6, 6.07) is 5.21. The Morgan fingerprint density at radius 1 is 1.50 bits per heavy atom. The average molecular weight is 264 g/mol. The molecule has 0 aromatic carbocycles. The minimum atomic E-state index is -0.590. The van der Waals surface area contributed by atoms with Gasteiger partial charge in [0, 0.05) is 18.1 Å². The molecule has 0 N–H and O–H groups in total. The van der Waals surface area contributed by atoms with E-state index in [1.807, 2.05) is 24.4 Å². The number of rotatable bonds is 3. The lowest BCUT2D eigenvalue weighted by Gasteiger charge is -2.24. The summed E-state index contributed by atoms with van der Waals surface area (Å²) in [6.07, 6.45) is 2.47. The van der Waals surface area contributed by atoms with Crippen LogP contribution in [0.15, 0.2) is 36.0 Å². The van der Waals surface area contributed by atoms with Crippen LogP contribution in [0.1, 0.15) is 28.2 Å². The van der Waals surface area contributed by atoms with Crippen molar-refractivity contribution >= 4 is 17.2 Å². The third-order valence-electron chi connectivity index (χ3n) is 2.86. The van der Waals surface area contributed by atoms with E-state index in [0.717, 1.165) is 11.1 Å². The zero-order valence-corrected chi connectivity index (χ0v) is 10.9. The molecule has 2 heterocycles. The van der Waals surface area contributed by atoms with Crippen LogP contribution in [0.25, 0.3) is 0 Å². The van der Waals surface area contributed by atoms with Crippen LogP contribution in [0, 0.1) is 5.82 Å². The molecular weight excluding hydrogens is 251 g/mol. The van der Waals surface area contributed by atoms with Crippen molar-refractivity contribution in [2.45, 2.75) is 13.0 Å². The van der Waals surface area contributed by atoms with Gasteiger partial charge in [0.05, 0.1) is 17.8 Å². The molecule has 0 aliphatic heterocycles. The third kappa shape index (κ3) is 2.41. The lowest BCUT2D eigenvalue weighted by Crippen LogP contribution is -2.29. The van der Waals surface area contributed by atoms with Crippen LogP contribution in [-0.4, -0.2) is 22.8 Å². The van der Waals surface area contributed by atoms with E-state index in [0.29, 0.717) is 0 Å². The second-order valence-corrected chi connectivity index (χ2v) is 4.94. The van der Waals surface area contributed by atoms with Gasteiger partial charge in [-0.05, 0) is 24.4 Å². The normalized spacial score (nSPS) is 12.2. The van der Waals surface area contributed by atoms with Crippen molar-refractivity contribution in [3.05, 3.63) is 52.2 Å². The fourth-order valence-electron chi connectivity index (χ4n) is 1.63. The molecule has 0 saturated carbocycles. The number of hydrogen-bond acceptors (Lipinski definition) is 3. The first-order chi connectivity index (χ1) is 8.61. The molecule has 0 radical (unpaired) electrons. The van der Waals surface area contributed by atoms with Crippen molar-refractivity contribution < 1.29 is 9.18 Å². The Labute approximate surface area is 109 Å². The van der Waals surface area contributed by atoms with Crippen LogP contribution in [0.5, 0.6) is 0 Å². The van der Waals surface area contributed by atoms with Crippen molar-refractivity contribution in [1.29, 1.82) is 0 Å². The maximum absolute atomic E-state index is 13.5. The molecule has 5 heteroatoms. The van der Waals surface area contributed by atoms with Gasteiger partial charge in [0.1, 0.15) is 0 Å². The van der Waals surface area contributed by atoms with Gasteiger partial charge < -0.3 is 4.90 Å². The predicted molar refractivity (Wildman–Crippen MR) is 69.0 cm³/mol. The summed E-state index contributed by atoms with van der Waals surface area (Å²) in [5, 5.41) is 1.96. The van der Waals surface area contributed by atoms with Gasteiger partial charge >= 0.3 is 0 Å². The van der Waals surface area contributed by atoms with Crippen molar-refractivity contribution in [2.24, 2.45) is 0 Å². The van der Waals surface area contributed by atoms with E-state index in [2.05, 4.69) is 4.98 Å². The van der Waals surface area contributed by atoms with E-state index < -0.39 is 5.82 Å². The molecule has 18 heavy (non-hydrogen) atoms. The number of halogens is 1. The Kier molecular flexibility index (Phi) is 3.72. The number of carbonyl (C=O) groups excluding carboxylic acids is 1. The van der Waals surface area contributed by atoms with E-state index in [9.17, 15) is 9.18 Å². The van der Waals surface area contributed by atoms with E-state index in [1.165, 1.54) is 17.2 Å². The van der Waals surface area contributed by atoms with E-state index in [1.54, 1.807) is 18.4 Å². The standard InChI is InChI=1S/C13H13FN2OS/c1-9(12-4-3-7-18-12)16(2)13(17)10-5-6-15-8-11(10)14/h3-9H,1-2H3. The number of pyridine rings is 1. The molecule has 0 aliphatic rings. The molecule has 94 valence electrons. The zero-order chi connectivity index (χ0) is 13.1. The Balaban J connectivity index is 2.22. The molecular formula is C13H13FN2OS. The summed E-state index contributed by atoms with van der Waals surface area (Å²) in [6.45, 7) is 1.92. The molecule has 0 fully saturated rings. The first-order valence-electron chi connectivity index (χ1n) is 5.51. The minimum absolute atomic E-state index is 0.0518. The predicted octanol–water partition coefficient (Wildman–Crippen LogP) is 3.12. The van der Waals surface area contributed by atoms with Crippen molar-refractivity contribution in [3.63, 3.8) is 0 Å². The summed E-state index contributed by atoms with van der Waals surface area (Å²) in [5.41, 5.74) is 0.0518. The van der Waals surface area contributed by atoms with Gasteiger partial charge in [0.25, 0.3) is 5.91 Å². The zero-order valence-electron chi connectivity index (χ0n) is 10.1. The summed E-state index contributed by atoms with van der Waals surface area (Å²) >= 11 is 1.58. The Bertz CT molecular complexity index is 542. The van der Waals surface area contributed by atoms with Crippen molar-refractivity contribution in [2.75, 3.05) is 7.05 Å². The quantitative estimate of drug-likeness (QED) is 0.853. The topological polar surface area (TPSA) is 33.2 Å². The Morgan fingerprint density at radius 2 is 2.28 bits per heavy atom. The molecule has 0 bridgehead atoms. The second kappa shape index (κ2) is 5.27. The highest BCUT2D eigenvalue weighted by atomic mass is 32.1. The van der Waals surface area contributed by atoms with Gasteiger partial charge in [-0.2, -0.15) is 0 Å². The van der Waals surface area contributed by atoms with Crippen LogP contribution >= 0.6 is 11.3 Å². The molecule has 2 aromatic rings. The Hall–Kier alpha value is -1.75. The first kappa shape index (κ1) is 12.7. The molecule has 3 nitrogen and oxygen atoms in total. The highest BCUT2D eigenvalue weighted by Gasteiger charge is 2.21.